The molecule has 0 radical (unpaired) electrons. The summed E-state index contributed by atoms with van der Waals surface area (Å²) in [6.45, 7) is 0.808. The third-order valence-corrected chi connectivity index (χ3v) is 4.95. The van der Waals surface area contributed by atoms with E-state index in [1.165, 1.54) is 0 Å². The number of aromatic nitrogens is 4. The Balaban J connectivity index is 1.37. The molecule has 3 N–H and O–H groups in total. The first kappa shape index (κ1) is 16.5. The van der Waals surface area contributed by atoms with Crippen LogP contribution in [0.25, 0.3) is 11.1 Å². The predicted molar refractivity (Wildman–Crippen MR) is 96.2 cm³/mol. The maximum absolute atomic E-state index is 12.5. The number of hydrogen-bond acceptors (Lipinski definition) is 4. The van der Waals surface area contributed by atoms with Crippen molar-refractivity contribution in [3.8, 4) is 11.1 Å². The normalized spacial score (nSPS) is 22.4. The van der Waals surface area contributed by atoms with E-state index < -0.39 is 6.10 Å². The van der Waals surface area contributed by atoms with Crippen LogP contribution in [0.1, 0.15) is 23.2 Å². The number of benzene rings is 1. The van der Waals surface area contributed by atoms with E-state index in [0.29, 0.717) is 17.9 Å². The molecular formula is C19H21N5O2. The van der Waals surface area contributed by atoms with Gasteiger partial charge in [0.05, 0.1) is 24.7 Å². The van der Waals surface area contributed by atoms with Crippen molar-refractivity contribution >= 4 is 5.91 Å². The van der Waals surface area contributed by atoms with Crippen LogP contribution in [0.2, 0.25) is 0 Å². The number of imidazole rings is 1. The van der Waals surface area contributed by atoms with E-state index in [0.717, 1.165) is 24.1 Å². The molecule has 0 saturated heterocycles. The van der Waals surface area contributed by atoms with Crippen LogP contribution in [0, 0.1) is 5.92 Å². The first-order valence-corrected chi connectivity index (χ1v) is 8.73. The highest BCUT2D eigenvalue weighted by Gasteiger charge is 2.34. The quantitative estimate of drug-likeness (QED) is 0.653. The molecule has 2 heterocycles. The van der Waals surface area contributed by atoms with Gasteiger partial charge in [0, 0.05) is 36.3 Å². The van der Waals surface area contributed by atoms with Gasteiger partial charge in [-0.15, -0.1) is 0 Å². The summed E-state index contributed by atoms with van der Waals surface area (Å²) in [7, 11) is 0. The van der Waals surface area contributed by atoms with Crippen molar-refractivity contribution in [2.45, 2.75) is 31.5 Å². The van der Waals surface area contributed by atoms with E-state index in [1.54, 1.807) is 30.9 Å². The van der Waals surface area contributed by atoms with Gasteiger partial charge in [0.2, 0.25) is 0 Å². The first-order valence-electron chi connectivity index (χ1n) is 8.73. The minimum Gasteiger partial charge on any atom is -0.391 e. The van der Waals surface area contributed by atoms with Crippen molar-refractivity contribution in [3.63, 3.8) is 0 Å². The highest BCUT2D eigenvalue weighted by molar-refractivity contribution is 5.94. The summed E-state index contributed by atoms with van der Waals surface area (Å²) in [6.07, 6.45) is 9.92. The molecule has 0 bridgehead atoms. The third-order valence-electron chi connectivity index (χ3n) is 4.95. The van der Waals surface area contributed by atoms with Crippen molar-refractivity contribution in [1.82, 2.24) is 25.1 Å². The van der Waals surface area contributed by atoms with Gasteiger partial charge in [-0.05, 0) is 36.5 Å². The summed E-state index contributed by atoms with van der Waals surface area (Å²) in [6, 6.07) is 7.16. The van der Waals surface area contributed by atoms with Gasteiger partial charge in [-0.25, -0.2) is 4.98 Å². The fourth-order valence-electron chi connectivity index (χ4n) is 3.59. The molecule has 7 heteroatoms. The largest absolute Gasteiger partial charge is 0.391 e. The summed E-state index contributed by atoms with van der Waals surface area (Å²) in [5.74, 6) is 0.170. The predicted octanol–water partition coefficient (Wildman–Crippen LogP) is 1.84. The maximum Gasteiger partial charge on any atom is 0.251 e. The zero-order valence-electron chi connectivity index (χ0n) is 14.2. The molecule has 1 aliphatic rings. The molecule has 3 atom stereocenters. The lowest BCUT2D eigenvalue weighted by atomic mass is 10.1. The zero-order valence-corrected chi connectivity index (χ0v) is 14.2. The van der Waals surface area contributed by atoms with Crippen molar-refractivity contribution in [2.75, 3.05) is 0 Å². The fourth-order valence-corrected chi connectivity index (χ4v) is 3.59. The van der Waals surface area contributed by atoms with Gasteiger partial charge in [-0.2, -0.15) is 5.10 Å². The van der Waals surface area contributed by atoms with Crippen molar-refractivity contribution < 1.29 is 9.90 Å². The van der Waals surface area contributed by atoms with Gasteiger partial charge in [-0.1, -0.05) is 12.1 Å². The van der Waals surface area contributed by atoms with Crippen molar-refractivity contribution in [1.29, 1.82) is 0 Å². The van der Waals surface area contributed by atoms with Crippen LogP contribution in [-0.4, -0.2) is 42.9 Å². The Bertz CT molecular complexity index is 843. The summed E-state index contributed by atoms with van der Waals surface area (Å²) in [4.78, 5) is 16.6. The molecule has 0 aliphatic heterocycles. The number of nitrogens with zero attached hydrogens (tertiary/aromatic N) is 3. The average Bonchev–Trinajstić information content (AvgIpc) is 3.39. The number of amides is 1. The highest BCUT2D eigenvalue weighted by atomic mass is 16.3. The Labute approximate surface area is 151 Å². The Hall–Kier alpha value is -2.93. The summed E-state index contributed by atoms with van der Waals surface area (Å²) >= 11 is 0. The smallest absolute Gasteiger partial charge is 0.251 e. The average molecular weight is 351 g/mol. The fraction of sp³-hybridized carbons (Fsp3) is 0.316. The molecule has 1 saturated carbocycles. The van der Waals surface area contributed by atoms with Crippen LogP contribution in [0.5, 0.6) is 0 Å². The molecule has 1 aromatic carbocycles. The van der Waals surface area contributed by atoms with Crippen LogP contribution in [0.3, 0.4) is 0 Å². The summed E-state index contributed by atoms with van der Waals surface area (Å²) < 4.78 is 2.01. The maximum atomic E-state index is 12.5. The molecule has 134 valence electrons. The number of nitrogens with one attached hydrogen (secondary N) is 2. The molecule has 3 aromatic rings. The van der Waals surface area contributed by atoms with Crippen LogP contribution in [-0.2, 0) is 6.54 Å². The second-order valence-corrected chi connectivity index (χ2v) is 6.81. The second kappa shape index (κ2) is 7.13. The monoisotopic (exact) mass is 351 g/mol. The van der Waals surface area contributed by atoms with Gasteiger partial charge in [0.25, 0.3) is 5.91 Å². The van der Waals surface area contributed by atoms with E-state index in [9.17, 15) is 9.90 Å². The van der Waals surface area contributed by atoms with E-state index >= 15 is 0 Å². The van der Waals surface area contributed by atoms with Crippen molar-refractivity contribution in [2.24, 2.45) is 5.92 Å². The minimum atomic E-state index is -0.516. The molecule has 1 unspecified atom stereocenters. The zero-order chi connectivity index (χ0) is 17.9. The van der Waals surface area contributed by atoms with E-state index in [-0.39, 0.29) is 11.9 Å². The van der Waals surface area contributed by atoms with Crippen molar-refractivity contribution in [3.05, 3.63) is 60.9 Å². The lowest BCUT2D eigenvalue weighted by Crippen LogP contribution is -2.39. The van der Waals surface area contributed by atoms with E-state index in [1.807, 2.05) is 29.1 Å². The number of carbonyl (C=O) groups excluding carboxylic acids is 1. The molecule has 4 rings (SSSR count). The molecular weight excluding hydrogens is 330 g/mol. The summed E-state index contributed by atoms with van der Waals surface area (Å²) in [5.41, 5.74) is 2.56. The SMILES string of the molecule is O=C(N[C@@H]1CC(Cn2ccnc2)C[C@H]1O)c1ccc(-c2cn[nH]c2)cc1. The lowest BCUT2D eigenvalue weighted by Gasteiger charge is -2.16. The number of carbonyl (C=O) groups is 1. The molecule has 1 amide bonds. The number of rotatable bonds is 5. The molecule has 26 heavy (non-hydrogen) atoms. The van der Waals surface area contributed by atoms with Gasteiger partial charge in [0.1, 0.15) is 0 Å². The molecule has 0 spiro atoms. The van der Waals surface area contributed by atoms with Gasteiger partial charge >= 0.3 is 0 Å². The number of hydrogen-bond donors (Lipinski definition) is 3. The van der Waals surface area contributed by atoms with E-state index in [4.69, 9.17) is 0 Å². The Kier molecular flexibility index (Phi) is 4.53. The highest BCUT2D eigenvalue weighted by Crippen LogP contribution is 2.28. The number of aliphatic hydroxyl groups excluding tert-OH is 1. The Morgan fingerprint density at radius 1 is 1.27 bits per heavy atom. The second-order valence-electron chi connectivity index (χ2n) is 6.81. The third kappa shape index (κ3) is 3.52. The molecule has 1 aliphatic carbocycles. The lowest BCUT2D eigenvalue weighted by molar-refractivity contribution is 0.0873. The van der Waals surface area contributed by atoms with Gasteiger partial charge < -0.3 is 15.0 Å². The Morgan fingerprint density at radius 3 is 2.81 bits per heavy atom. The van der Waals surface area contributed by atoms with Crippen LogP contribution >= 0.6 is 0 Å². The van der Waals surface area contributed by atoms with E-state index in [2.05, 4.69) is 20.5 Å². The van der Waals surface area contributed by atoms with Gasteiger partial charge in [-0.3, -0.25) is 9.89 Å². The van der Waals surface area contributed by atoms with Crippen LogP contribution < -0.4 is 5.32 Å². The first-order chi connectivity index (χ1) is 12.7. The van der Waals surface area contributed by atoms with Gasteiger partial charge in [0.15, 0.2) is 0 Å². The van der Waals surface area contributed by atoms with Crippen LogP contribution in [0.15, 0.2) is 55.4 Å². The number of aromatic amines is 1. The summed E-state index contributed by atoms with van der Waals surface area (Å²) in [5, 5.41) is 20.0. The Morgan fingerprint density at radius 2 is 2.12 bits per heavy atom. The molecule has 2 aromatic heterocycles. The van der Waals surface area contributed by atoms with Crippen LogP contribution in [0.4, 0.5) is 0 Å². The molecule has 7 nitrogen and oxygen atoms in total. The molecule has 1 fully saturated rings. The topological polar surface area (TPSA) is 95.8 Å². The standard InChI is InChI=1S/C19H21N5O2/c25-18-8-13(11-24-6-5-20-12-24)7-17(18)23-19(26)15-3-1-14(2-4-15)16-9-21-22-10-16/h1-6,9-10,12-13,17-18,25H,7-8,11H2,(H,21,22)(H,23,26)/t13?,17-,18-/m1/s1. The minimum absolute atomic E-state index is 0.156. The number of aliphatic hydroxyl groups is 1. The number of H-pyrrole nitrogens is 1.